The molecule has 0 fully saturated rings. The number of rotatable bonds is 12. The minimum atomic E-state index is -0.935. The number of carboxylic acid groups (broad SMARTS) is 1. The molecule has 0 rings (SSSR count). The van der Waals surface area contributed by atoms with Gasteiger partial charge in [-0.3, -0.25) is 0 Å². The maximum Gasteiger partial charge on any atom is 0.330 e. The van der Waals surface area contributed by atoms with Crippen molar-refractivity contribution in [3.63, 3.8) is 0 Å². The topological polar surface area (TPSA) is 83.5 Å². The smallest absolute Gasteiger partial charge is 0.330 e. The monoisotopic (exact) mass is 287 g/mol. The molecule has 0 saturated heterocycles. The number of carboxylic acids is 1. The molecule has 120 valence electrons. The molecule has 4 nitrogen and oxygen atoms in total. The van der Waals surface area contributed by atoms with Gasteiger partial charge in [-0.05, 0) is 26.3 Å². The molecule has 0 saturated carbocycles. The van der Waals surface area contributed by atoms with Gasteiger partial charge in [-0.2, -0.15) is 0 Å². The van der Waals surface area contributed by atoms with E-state index in [-0.39, 0.29) is 5.57 Å². The van der Waals surface area contributed by atoms with Crippen LogP contribution in [0.5, 0.6) is 0 Å². The van der Waals surface area contributed by atoms with E-state index in [1.165, 1.54) is 64.7 Å². The number of hydrogen-bond donors (Lipinski definition) is 3. The lowest BCUT2D eigenvalue weighted by Gasteiger charge is -2.01. The van der Waals surface area contributed by atoms with E-state index in [1.807, 2.05) is 0 Å². The van der Waals surface area contributed by atoms with Crippen molar-refractivity contribution < 1.29 is 15.0 Å². The van der Waals surface area contributed by atoms with Gasteiger partial charge in [0.05, 0.1) is 0 Å². The van der Waals surface area contributed by atoms with Crippen molar-refractivity contribution in [2.75, 3.05) is 13.2 Å². The molecule has 0 aliphatic carbocycles. The highest BCUT2D eigenvalue weighted by molar-refractivity contribution is 5.84. The summed E-state index contributed by atoms with van der Waals surface area (Å²) in [6.07, 6.45) is 12.8. The maximum atomic E-state index is 9.60. The van der Waals surface area contributed by atoms with Crippen LogP contribution in [0.25, 0.3) is 0 Å². The van der Waals surface area contributed by atoms with Gasteiger partial charge in [0.25, 0.3) is 0 Å². The highest BCUT2D eigenvalue weighted by Crippen LogP contribution is 2.09. The van der Waals surface area contributed by atoms with Gasteiger partial charge in [0.1, 0.15) is 0 Å². The number of aliphatic carboxylic acids is 1. The van der Waals surface area contributed by atoms with E-state index >= 15 is 0 Å². The van der Waals surface area contributed by atoms with Crippen LogP contribution in [0.2, 0.25) is 0 Å². The normalized spacial score (nSPS) is 9.75. The molecule has 0 amide bonds. The lowest BCUT2D eigenvalue weighted by atomic mass is 10.1. The fraction of sp³-hybridized carbons (Fsp3) is 0.812. The first-order chi connectivity index (χ1) is 9.56. The number of unbranched alkanes of at least 4 members (excludes halogenated alkanes) is 9. The quantitative estimate of drug-likeness (QED) is 0.379. The first-order valence-electron chi connectivity index (χ1n) is 7.76. The number of nitrogens with two attached hydrogens (primary N) is 1. The average Bonchev–Trinajstić information content (AvgIpc) is 2.41. The van der Waals surface area contributed by atoms with Crippen molar-refractivity contribution in [2.45, 2.75) is 71.1 Å². The Kier molecular flexibility index (Phi) is 19.4. The Bertz CT molecular complexity index is 206. The zero-order valence-electron chi connectivity index (χ0n) is 13.1. The molecule has 0 aliphatic heterocycles. The van der Waals surface area contributed by atoms with Gasteiger partial charge in [-0.15, -0.1) is 0 Å². The molecule has 4 heteroatoms. The minimum Gasteiger partial charge on any atom is -0.478 e. The third-order valence-electron chi connectivity index (χ3n) is 2.98. The Morgan fingerprint density at radius 2 is 1.20 bits per heavy atom. The molecule has 4 N–H and O–H groups in total. The zero-order chi connectivity index (χ0) is 15.6. The Balaban J connectivity index is 0. The summed E-state index contributed by atoms with van der Waals surface area (Å²) in [5.74, 6) is -0.935. The van der Waals surface area contributed by atoms with Gasteiger partial charge in [-0.1, -0.05) is 57.9 Å². The third-order valence-corrected chi connectivity index (χ3v) is 2.98. The number of aliphatic hydroxyl groups excluding tert-OH is 1. The van der Waals surface area contributed by atoms with Gasteiger partial charge in [0, 0.05) is 12.2 Å². The Morgan fingerprint density at radius 3 is 1.45 bits per heavy atom. The van der Waals surface area contributed by atoms with Crippen LogP contribution in [-0.2, 0) is 4.79 Å². The summed E-state index contributed by atoms with van der Waals surface area (Å²) >= 11 is 0. The van der Waals surface area contributed by atoms with Crippen LogP contribution < -0.4 is 5.73 Å². The molecule has 0 unspecified atom stereocenters. The van der Waals surface area contributed by atoms with Gasteiger partial charge in [-0.25, -0.2) is 4.79 Å². The van der Waals surface area contributed by atoms with Gasteiger partial charge in [0.15, 0.2) is 0 Å². The van der Waals surface area contributed by atoms with Gasteiger partial charge >= 0.3 is 5.97 Å². The summed E-state index contributed by atoms with van der Waals surface area (Å²) in [5.41, 5.74) is 5.59. The number of carbonyl (C=O) groups is 1. The van der Waals surface area contributed by atoms with Crippen LogP contribution in [0, 0.1) is 0 Å². The summed E-state index contributed by atoms with van der Waals surface area (Å²) < 4.78 is 0. The van der Waals surface area contributed by atoms with Crippen molar-refractivity contribution in [3.05, 3.63) is 12.2 Å². The van der Waals surface area contributed by atoms with Gasteiger partial charge in [0.2, 0.25) is 0 Å². The molecule has 0 aliphatic rings. The predicted molar refractivity (Wildman–Crippen MR) is 84.8 cm³/mol. The SMILES string of the molecule is C=C(C)C(=O)O.NCCCCCCCCCCCCO. The molecule has 0 radical (unpaired) electrons. The molecular weight excluding hydrogens is 254 g/mol. The molecule has 20 heavy (non-hydrogen) atoms. The fourth-order valence-electron chi connectivity index (χ4n) is 1.67. The van der Waals surface area contributed by atoms with E-state index < -0.39 is 5.97 Å². The highest BCUT2D eigenvalue weighted by atomic mass is 16.4. The molecular formula is C16H33NO3. The fourth-order valence-corrected chi connectivity index (χ4v) is 1.67. The molecule has 0 aromatic heterocycles. The lowest BCUT2D eigenvalue weighted by molar-refractivity contribution is -0.132. The molecule has 0 aromatic rings. The van der Waals surface area contributed by atoms with Crippen LogP contribution >= 0.6 is 0 Å². The standard InChI is InChI=1S/C12H27NO.C4H6O2/c13-11-9-7-5-3-1-2-4-6-8-10-12-14;1-3(2)4(5)6/h14H,1-13H2;1H2,2H3,(H,5,6). The Hall–Kier alpha value is -0.870. The Morgan fingerprint density at radius 1 is 0.900 bits per heavy atom. The van der Waals surface area contributed by atoms with E-state index in [0.29, 0.717) is 6.61 Å². The molecule has 0 aromatic carbocycles. The van der Waals surface area contributed by atoms with E-state index in [4.69, 9.17) is 15.9 Å². The summed E-state index contributed by atoms with van der Waals surface area (Å²) in [7, 11) is 0. The molecule has 0 bridgehead atoms. The van der Waals surface area contributed by atoms with E-state index in [2.05, 4.69) is 6.58 Å². The lowest BCUT2D eigenvalue weighted by Crippen LogP contribution is -1.97. The van der Waals surface area contributed by atoms with Crippen LogP contribution in [0.15, 0.2) is 12.2 Å². The van der Waals surface area contributed by atoms with Crippen molar-refractivity contribution in [1.82, 2.24) is 0 Å². The average molecular weight is 287 g/mol. The first-order valence-corrected chi connectivity index (χ1v) is 7.76. The summed E-state index contributed by atoms with van der Waals surface area (Å²) in [6.45, 7) is 5.81. The highest BCUT2D eigenvalue weighted by Gasteiger charge is 1.92. The van der Waals surface area contributed by atoms with Crippen molar-refractivity contribution in [1.29, 1.82) is 0 Å². The van der Waals surface area contributed by atoms with Crippen molar-refractivity contribution >= 4 is 5.97 Å². The molecule has 0 spiro atoms. The number of hydrogen-bond acceptors (Lipinski definition) is 3. The van der Waals surface area contributed by atoms with Gasteiger partial charge < -0.3 is 15.9 Å². The second kappa shape index (κ2) is 18.1. The zero-order valence-corrected chi connectivity index (χ0v) is 13.1. The van der Waals surface area contributed by atoms with Crippen LogP contribution in [0.4, 0.5) is 0 Å². The van der Waals surface area contributed by atoms with Crippen LogP contribution in [0.1, 0.15) is 71.1 Å². The second-order valence-electron chi connectivity index (χ2n) is 5.13. The largest absolute Gasteiger partial charge is 0.478 e. The minimum absolute atomic E-state index is 0.176. The summed E-state index contributed by atoms with van der Waals surface area (Å²) in [4.78, 5) is 9.60. The van der Waals surface area contributed by atoms with E-state index in [9.17, 15) is 4.79 Å². The van der Waals surface area contributed by atoms with Crippen molar-refractivity contribution in [3.8, 4) is 0 Å². The first kappa shape index (κ1) is 21.4. The third kappa shape index (κ3) is 22.3. The number of aliphatic hydroxyl groups is 1. The summed E-state index contributed by atoms with van der Waals surface area (Å²) in [5, 5.41) is 16.5. The van der Waals surface area contributed by atoms with E-state index in [0.717, 1.165) is 13.0 Å². The Labute approximate surface area is 124 Å². The molecule has 0 heterocycles. The molecule has 0 atom stereocenters. The second-order valence-corrected chi connectivity index (χ2v) is 5.13. The summed E-state index contributed by atoms with van der Waals surface area (Å²) in [6, 6.07) is 0. The predicted octanol–water partition coefficient (Wildman–Crippen LogP) is 3.49. The van der Waals surface area contributed by atoms with E-state index in [1.54, 1.807) is 0 Å². The van der Waals surface area contributed by atoms with Crippen LogP contribution in [-0.4, -0.2) is 29.3 Å². The van der Waals surface area contributed by atoms with Crippen molar-refractivity contribution in [2.24, 2.45) is 5.73 Å². The maximum absolute atomic E-state index is 9.60. The van der Waals surface area contributed by atoms with Crippen LogP contribution in [0.3, 0.4) is 0 Å².